The molecule has 1 atom stereocenters. The van der Waals surface area contributed by atoms with Crippen LogP contribution in [0.4, 0.5) is 0 Å². The van der Waals surface area contributed by atoms with Crippen LogP contribution in [0.5, 0.6) is 0 Å². The van der Waals surface area contributed by atoms with E-state index in [-0.39, 0.29) is 11.7 Å². The van der Waals surface area contributed by atoms with Gasteiger partial charge in [-0.2, -0.15) is 0 Å². The quantitative estimate of drug-likeness (QED) is 0.736. The molecule has 2 aliphatic heterocycles. The molecule has 2 saturated heterocycles. The van der Waals surface area contributed by atoms with E-state index in [9.17, 15) is 9.59 Å². The molecule has 1 aromatic rings. The Labute approximate surface area is 162 Å². The second-order valence-electron chi connectivity index (χ2n) is 7.45. The van der Waals surface area contributed by atoms with Gasteiger partial charge in [-0.25, -0.2) is 0 Å². The van der Waals surface area contributed by atoms with Crippen LogP contribution in [-0.4, -0.2) is 36.2 Å². The molecule has 2 spiro atoms. The Morgan fingerprint density at radius 2 is 1.73 bits per heavy atom. The van der Waals surface area contributed by atoms with Gasteiger partial charge in [-0.1, -0.05) is 23.2 Å². The fraction of sp³-hybridized carbons (Fsp3) is 0.579. The highest BCUT2D eigenvalue weighted by Crippen LogP contribution is 2.46. The molecule has 2 heterocycles. The predicted octanol–water partition coefficient (Wildman–Crippen LogP) is 3.53. The smallest absolute Gasteiger partial charge is 0.236 e. The normalized spacial score (nSPS) is 27.1. The van der Waals surface area contributed by atoms with Crippen molar-refractivity contribution in [3.8, 4) is 0 Å². The Morgan fingerprint density at radius 3 is 2.35 bits per heavy atom. The Kier molecular flexibility index (Phi) is 4.55. The summed E-state index contributed by atoms with van der Waals surface area (Å²) >= 11 is 12.4. The molecule has 0 radical (unpaired) electrons. The van der Waals surface area contributed by atoms with Crippen molar-refractivity contribution < 1.29 is 19.1 Å². The summed E-state index contributed by atoms with van der Waals surface area (Å²) < 4.78 is 11.7. The second kappa shape index (κ2) is 6.48. The number of ketones is 1. The lowest BCUT2D eigenvalue weighted by atomic mass is 9.74. The summed E-state index contributed by atoms with van der Waals surface area (Å²) in [5.74, 6) is -1.88. The summed E-state index contributed by atoms with van der Waals surface area (Å²) in [5, 5.41) is 3.81. The molecule has 5 nitrogen and oxygen atoms in total. The summed E-state index contributed by atoms with van der Waals surface area (Å²) in [5.41, 5.74) is 0.451. The minimum absolute atomic E-state index is 0.111. The number of carbonyl (C=O) groups is 2. The van der Waals surface area contributed by atoms with Crippen molar-refractivity contribution in [3.63, 3.8) is 0 Å². The van der Waals surface area contributed by atoms with Gasteiger partial charge in [0, 0.05) is 22.9 Å². The first kappa shape index (κ1) is 18.2. The van der Waals surface area contributed by atoms with Crippen LogP contribution in [0.25, 0.3) is 0 Å². The molecule has 1 amide bonds. The third kappa shape index (κ3) is 2.85. The Morgan fingerprint density at radius 1 is 1.08 bits per heavy atom. The van der Waals surface area contributed by atoms with Crippen molar-refractivity contribution in [2.24, 2.45) is 0 Å². The van der Waals surface area contributed by atoms with Gasteiger partial charge < -0.3 is 14.8 Å². The number of Topliss-reactive ketones (excluding diaryl/α,β-unsaturated/α-hetero) is 1. The van der Waals surface area contributed by atoms with Crippen LogP contribution in [0.3, 0.4) is 0 Å². The SMILES string of the molecule is Cc1cc(Cl)cc(Cl)c1C1C(=O)NC2(CCC3(CC2)OCCCO3)C1=O. The third-order valence-electron chi connectivity index (χ3n) is 5.83. The maximum absolute atomic E-state index is 13.3. The standard InChI is InChI=1S/C19H21Cl2NO4/c1-11-9-12(20)10-13(21)14(11)15-16(23)18(22-17(15)24)3-5-19(6-4-18)25-7-2-8-26-19/h9-10,15H,2-8H2,1H3,(H,22,24). The summed E-state index contributed by atoms with van der Waals surface area (Å²) in [6.45, 7) is 3.17. The molecular weight excluding hydrogens is 377 g/mol. The fourth-order valence-electron chi connectivity index (χ4n) is 4.44. The van der Waals surface area contributed by atoms with E-state index in [1.165, 1.54) is 0 Å². The van der Waals surface area contributed by atoms with Crippen molar-refractivity contribution in [2.45, 2.75) is 56.3 Å². The molecule has 1 unspecified atom stereocenters. The van der Waals surface area contributed by atoms with Crippen LogP contribution in [0.15, 0.2) is 12.1 Å². The maximum atomic E-state index is 13.3. The number of nitrogens with one attached hydrogen (secondary N) is 1. The first-order valence-electron chi connectivity index (χ1n) is 8.96. The average Bonchev–Trinajstić information content (AvgIpc) is 2.83. The number of benzene rings is 1. The summed E-state index contributed by atoms with van der Waals surface area (Å²) in [6, 6.07) is 3.31. The van der Waals surface area contributed by atoms with E-state index in [0.717, 1.165) is 12.0 Å². The van der Waals surface area contributed by atoms with Crippen LogP contribution in [0.2, 0.25) is 10.0 Å². The molecule has 1 aromatic carbocycles. The molecule has 0 bridgehead atoms. The predicted molar refractivity (Wildman–Crippen MR) is 97.5 cm³/mol. The lowest BCUT2D eigenvalue weighted by Crippen LogP contribution is -2.55. The number of hydrogen-bond acceptors (Lipinski definition) is 4. The van der Waals surface area contributed by atoms with Crippen molar-refractivity contribution in [1.82, 2.24) is 5.32 Å². The number of ether oxygens (including phenoxy) is 2. The van der Waals surface area contributed by atoms with E-state index in [2.05, 4.69) is 5.32 Å². The summed E-state index contributed by atoms with van der Waals surface area (Å²) in [6.07, 6.45) is 3.10. The molecule has 7 heteroatoms. The molecule has 26 heavy (non-hydrogen) atoms. The number of amides is 1. The number of halogens is 2. The Balaban J connectivity index is 1.61. The molecule has 3 fully saturated rings. The second-order valence-corrected chi connectivity index (χ2v) is 8.29. The van der Waals surface area contributed by atoms with Gasteiger partial charge in [0.1, 0.15) is 11.5 Å². The van der Waals surface area contributed by atoms with Crippen LogP contribution >= 0.6 is 23.2 Å². The van der Waals surface area contributed by atoms with Gasteiger partial charge in [-0.05, 0) is 49.4 Å². The maximum Gasteiger partial charge on any atom is 0.236 e. The van der Waals surface area contributed by atoms with Gasteiger partial charge in [0.15, 0.2) is 11.6 Å². The highest BCUT2D eigenvalue weighted by atomic mass is 35.5. The van der Waals surface area contributed by atoms with Crippen LogP contribution < -0.4 is 5.32 Å². The van der Waals surface area contributed by atoms with E-state index in [1.54, 1.807) is 12.1 Å². The molecule has 4 rings (SSSR count). The number of rotatable bonds is 1. The Bertz CT molecular complexity index is 740. The fourth-order valence-corrected chi connectivity index (χ4v) is 5.15. The van der Waals surface area contributed by atoms with Crippen LogP contribution in [-0.2, 0) is 19.1 Å². The van der Waals surface area contributed by atoms with E-state index >= 15 is 0 Å². The summed E-state index contributed by atoms with van der Waals surface area (Å²) in [4.78, 5) is 26.0. The van der Waals surface area contributed by atoms with Crippen LogP contribution in [0, 0.1) is 6.92 Å². The molecule has 1 saturated carbocycles. The van der Waals surface area contributed by atoms with E-state index in [0.29, 0.717) is 54.5 Å². The largest absolute Gasteiger partial charge is 0.350 e. The van der Waals surface area contributed by atoms with Gasteiger partial charge in [0.25, 0.3) is 0 Å². The van der Waals surface area contributed by atoms with Crippen molar-refractivity contribution >= 4 is 34.9 Å². The lowest BCUT2D eigenvalue weighted by molar-refractivity contribution is -0.283. The highest BCUT2D eigenvalue weighted by Gasteiger charge is 2.57. The van der Waals surface area contributed by atoms with Gasteiger partial charge in [-0.15, -0.1) is 0 Å². The number of carbonyl (C=O) groups excluding carboxylic acids is 2. The topological polar surface area (TPSA) is 64.6 Å². The first-order chi connectivity index (χ1) is 12.4. The third-order valence-corrected chi connectivity index (χ3v) is 6.36. The van der Waals surface area contributed by atoms with Gasteiger partial charge >= 0.3 is 0 Å². The van der Waals surface area contributed by atoms with Gasteiger partial charge in [0.2, 0.25) is 5.91 Å². The van der Waals surface area contributed by atoms with Crippen molar-refractivity contribution in [2.75, 3.05) is 13.2 Å². The van der Waals surface area contributed by atoms with E-state index in [4.69, 9.17) is 32.7 Å². The lowest BCUT2D eigenvalue weighted by Gasteiger charge is -2.45. The minimum atomic E-state index is -0.887. The van der Waals surface area contributed by atoms with E-state index in [1.807, 2.05) is 6.92 Å². The molecule has 1 aliphatic carbocycles. The summed E-state index contributed by atoms with van der Waals surface area (Å²) in [7, 11) is 0. The zero-order chi connectivity index (χ0) is 18.5. The average molecular weight is 398 g/mol. The monoisotopic (exact) mass is 397 g/mol. The zero-order valence-electron chi connectivity index (χ0n) is 14.6. The molecule has 3 aliphatic rings. The van der Waals surface area contributed by atoms with Gasteiger partial charge in [-0.3, -0.25) is 9.59 Å². The van der Waals surface area contributed by atoms with Crippen LogP contribution in [0.1, 0.15) is 49.1 Å². The Hall–Kier alpha value is -1.14. The first-order valence-corrected chi connectivity index (χ1v) is 9.71. The number of hydrogen-bond donors (Lipinski definition) is 1. The van der Waals surface area contributed by atoms with E-state index < -0.39 is 17.2 Å². The van der Waals surface area contributed by atoms with Gasteiger partial charge in [0.05, 0.1) is 13.2 Å². The molecule has 140 valence electrons. The molecule has 0 aromatic heterocycles. The highest BCUT2D eigenvalue weighted by molar-refractivity contribution is 6.36. The molecular formula is C19H21Cl2NO4. The minimum Gasteiger partial charge on any atom is -0.350 e. The zero-order valence-corrected chi connectivity index (χ0v) is 16.1. The van der Waals surface area contributed by atoms with Crippen molar-refractivity contribution in [1.29, 1.82) is 0 Å². The molecule has 1 N–H and O–H groups in total. The number of aryl methyl sites for hydroxylation is 1. The van der Waals surface area contributed by atoms with Crippen molar-refractivity contribution in [3.05, 3.63) is 33.3 Å².